The Morgan fingerprint density at radius 3 is 2.72 bits per heavy atom. The molecule has 0 aliphatic carbocycles. The topological polar surface area (TPSA) is 30.2 Å². The van der Waals surface area contributed by atoms with E-state index in [0.717, 1.165) is 29.6 Å². The van der Waals surface area contributed by atoms with E-state index in [1.165, 1.54) is 19.3 Å². The van der Waals surface area contributed by atoms with Gasteiger partial charge in [0.05, 0.1) is 5.39 Å². The molecule has 0 spiro atoms. The van der Waals surface area contributed by atoms with Crippen molar-refractivity contribution in [3.63, 3.8) is 0 Å². The van der Waals surface area contributed by atoms with Crippen molar-refractivity contribution < 1.29 is 4.42 Å². The fourth-order valence-corrected chi connectivity index (χ4v) is 2.26. The summed E-state index contributed by atoms with van der Waals surface area (Å²) in [6.07, 6.45) is 5.62. The van der Waals surface area contributed by atoms with Crippen LogP contribution in [0.3, 0.4) is 0 Å². The molecule has 0 atom stereocenters. The van der Waals surface area contributed by atoms with Crippen molar-refractivity contribution in [2.75, 3.05) is 0 Å². The van der Waals surface area contributed by atoms with E-state index in [1.807, 2.05) is 31.2 Å². The Bertz CT molecular complexity index is 581. The summed E-state index contributed by atoms with van der Waals surface area (Å²) in [5.74, 6) is 0.818. The van der Waals surface area contributed by atoms with Crippen molar-refractivity contribution in [2.45, 2.75) is 46.0 Å². The van der Waals surface area contributed by atoms with Crippen LogP contribution in [-0.2, 0) is 6.42 Å². The number of hydrogen-bond donors (Lipinski definition) is 0. The quantitative estimate of drug-likeness (QED) is 0.737. The highest BCUT2D eigenvalue weighted by Gasteiger charge is 2.05. The third-order valence-electron chi connectivity index (χ3n) is 3.35. The first-order valence-electron chi connectivity index (χ1n) is 6.74. The van der Waals surface area contributed by atoms with Crippen molar-refractivity contribution >= 4 is 10.8 Å². The van der Waals surface area contributed by atoms with Gasteiger partial charge in [-0.05, 0) is 36.4 Å². The fraction of sp³-hybridized carbons (Fsp3) is 0.438. The molecular formula is C16H20O2. The van der Waals surface area contributed by atoms with Crippen LogP contribution in [0.5, 0.6) is 0 Å². The van der Waals surface area contributed by atoms with Gasteiger partial charge in [0.15, 0.2) is 0 Å². The summed E-state index contributed by atoms with van der Waals surface area (Å²) in [6.45, 7) is 4.22. The van der Waals surface area contributed by atoms with Crippen LogP contribution < -0.4 is 5.63 Å². The Morgan fingerprint density at radius 1 is 1.11 bits per heavy atom. The van der Waals surface area contributed by atoms with E-state index in [0.29, 0.717) is 5.39 Å². The zero-order valence-corrected chi connectivity index (χ0v) is 11.2. The number of rotatable bonds is 5. The molecule has 0 bridgehead atoms. The zero-order valence-electron chi connectivity index (χ0n) is 11.2. The number of benzene rings is 1. The van der Waals surface area contributed by atoms with E-state index in [2.05, 4.69) is 6.92 Å². The third-order valence-corrected chi connectivity index (χ3v) is 3.35. The lowest BCUT2D eigenvalue weighted by atomic mass is 10.1. The molecule has 1 aromatic heterocycles. The van der Waals surface area contributed by atoms with E-state index in [-0.39, 0.29) is 5.63 Å². The zero-order chi connectivity index (χ0) is 13.0. The maximum atomic E-state index is 11.9. The standard InChI is InChI=1S/C16H20O2/c1-3-4-5-6-9-13-11-15-12(2)8-7-10-14(15)16(17)18-13/h7-8,10-11H,3-6,9H2,1-2H3. The summed E-state index contributed by atoms with van der Waals surface area (Å²) in [5, 5.41) is 1.71. The third kappa shape index (κ3) is 2.81. The first kappa shape index (κ1) is 12.9. The summed E-state index contributed by atoms with van der Waals surface area (Å²) < 4.78 is 5.37. The van der Waals surface area contributed by atoms with Crippen LogP contribution in [0.15, 0.2) is 33.5 Å². The summed E-state index contributed by atoms with van der Waals surface area (Å²) in [7, 11) is 0. The van der Waals surface area contributed by atoms with E-state index in [4.69, 9.17) is 4.42 Å². The molecule has 1 aromatic carbocycles. The second-order valence-corrected chi connectivity index (χ2v) is 4.85. The molecule has 0 N–H and O–H groups in total. The van der Waals surface area contributed by atoms with E-state index < -0.39 is 0 Å². The SMILES string of the molecule is CCCCCCc1cc2c(C)cccc2c(=O)o1. The number of hydrogen-bond acceptors (Lipinski definition) is 2. The number of unbranched alkanes of at least 4 members (excludes halogenated alkanes) is 3. The molecule has 0 fully saturated rings. The van der Waals surface area contributed by atoms with Gasteiger partial charge in [-0.15, -0.1) is 0 Å². The molecule has 96 valence electrons. The Balaban J connectivity index is 2.25. The van der Waals surface area contributed by atoms with Crippen LogP contribution in [0.2, 0.25) is 0 Å². The first-order valence-corrected chi connectivity index (χ1v) is 6.74. The highest BCUT2D eigenvalue weighted by molar-refractivity contribution is 5.84. The van der Waals surface area contributed by atoms with Gasteiger partial charge < -0.3 is 4.42 Å². The van der Waals surface area contributed by atoms with Crippen molar-refractivity contribution in [3.8, 4) is 0 Å². The van der Waals surface area contributed by atoms with E-state index in [1.54, 1.807) is 0 Å². The van der Waals surface area contributed by atoms with Crippen LogP contribution in [0, 0.1) is 6.92 Å². The maximum Gasteiger partial charge on any atom is 0.343 e. The van der Waals surface area contributed by atoms with Gasteiger partial charge in [-0.2, -0.15) is 0 Å². The predicted molar refractivity (Wildman–Crippen MR) is 75.1 cm³/mol. The normalized spacial score (nSPS) is 11.0. The Morgan fingerprint density at radius 2 is 1.94 bits per heavy atom. The van der Waals surface area contributed by atoms with Crippen LogP contribution in [0.25, 0.3) is 10.8 Å². The van der Waals surface area contributed by atoms with E-state index in [9.17, 15) is 4.79 Å². The summed E-state index contributed by atoms with van der Waals surface area (Å²) in [4.78, 5) is 11.9. The summed E-state index contributed by atoms with van der Waals surface area (Å²) in [6, 6.07) is 7.78. The largest absolute Gasteiger partial charge is 0.427 e. The average molecular weight is 244 g/mol. The molecular weight excluding hydrogens is 224 g/mol. The molecule has 2 aromatic rings. The predicted octanol–water partition coefficient (Wildman–Crippen LogP) is 4.22. The Labute approximate surface area is 108 Å². The van der Waals surface area contributed by atoms with Gasteiger partial charge in [-0.1, -0.05) is 38.3 Å². The average Bonchev–Trinajstić information content (AvgIpc) is 2.36. The Hall–Kier alpha value is -1.57. The molecule has 18 heavy (non-hydrogen) atoms. The molecule has 2 heteroatoms. The summed E-state index contributed by atoms with van der Waals surface area (Å²) >= 11 is 0. The molecule has 0 unspecified atom stereocenters. The molecule has 2 nitrogen and oxygen atoms in total. The lowest BCUT2D eigenvalue weighted by molar-refractivity contribution is 0.456. The smallest absolute Gasteiger partial charge is 0.343 e. The summed E-state index contributed by atoms with van der Waals surface area (Å²) in [5.41, 5.74) is 0.928. The minimum absolute atomic E-state index is 0.207. The minimum Gasteiger partial charge on any atom is -0.427 e. The first-order chi connectivity index (χ1) is 8.72. The van der Waals surface area contributed by atoms with Crippen LogP contribution >= 0.6 is 0 Å². The van der Waals surface area contributed by atoms with Gasteiger partial charge in [-0.25, -0.2) is 4.79 Å². The van der Waals surface area contributed by atoms with E-state index >= 15 is 0 Å². The lowest BCUT2D eigenvalue weighted by Crippen LogP contribution is -2.03. The molecule has 0 aliphatic rings. The Kier molecular flexibility index (Phi) is 4.19. The van der Waals surface area contributed by atoms with Gasteiger partial charge in [0.1, 0.15) is 5.76 Å². The fourth-order valence-electron chi connectivity index (χ4n) is 2.26. The number of aryl methyl sites for hydroxylation is 2. The minimum atomic E-state index is -0.207. The van der Waals surface area contributed by atoms with Crippen molar-refractivity contribution in [2.24, 2.45) is 0 Å². The van der Waals surface area contributed by atoms with Crippen molar-refractivity contribution in [1.82, 2.24) is 0 Å². The molecule has 0 aliphatic heterocycles. The molecule has 0 saturated heterocycles. The lowest BCUT2D eigenvalue weighted by Gasteiger charge is -2.04. The highest BCUT2D eigenvalue weighted by Crippen LogP contribution is 2.17. The number of fused-ring (bicyclic) bond motifs is 1. The molecule has 0 amide bonds. The highest BCUT2D eigenvalue weighted by atomic mass is 16.4. The van der Waals surface area contributed by atoms with Crippen LogP contribution in [-0.4, -0.2) is 0 Å². The van der Waals surface area contributed by atoms with Gasteiger partial charge in [-0.3, -0.25) is 0 Å². The van der Waals surface area contributed by atoms with Gasteiger partial charge in [0.2, 0.25) is 0 Å². The molecule has 2 rings (SSSR count). The van der Waals surface area contributed by atoms with Crippen molar-refractivity contribution in [3.05, 3.63) is 46.0 Å². The molecule has 1 heterocycles. The molecule has 0 saturated carbocycles. The van der Waals surface area contributed by atoms with Gasteiger partial charge in [0, 0.05) is 6.42 Å². The van der Waals surface area contributed by atoms with Crippen LogP contribution in [0.1, 0.15) is 43.9 Å². The monoisotopic (exact) mass is 244 g/mol. The maximum absolute atomic E-state index is 11.9. The van der Waals surface area contributed by atoms with Crippen molar-refractivity contribution in [1.29, 1.82) is 0 Å². The van der Waals surface area contributed by atoms with Gasteiger partial charge in [0.25, 0.3) is 0 Å². The molecule has 0 radical (unpaired) electrons. The van der Waals surface area contributed by atoms with Gasteiger partial charge >= 0.3 is 5.63 Å². The second kappa shape index (κ2) is 5.85. The second-order valence-electron chi connectivity index (χ2n) is 4.85. The van der Waals surface area contributed by atoms with Crippen LogP contribution in [0.4, 0.5) is 0 Å².